The van der Waals surface area contributed by atoms with Crippen LogP contribution < -0.4 is 10.6 Å². The number of carbonyl (C=O) groups is 3. The van der Waals surface area contributed by atoms with E-state index in [4.69, 9.17) is 9.84 Å². The average molecular weight is 465 g/mol. The lowest BCUT2D eigenvalue weighted by Crippen LogP contribution is -2.56. The van der Waals surface area contributed by atoms with Gasteiger partial charge < -0.3 is 20.5 Å². The highest BCUT2D eigenvalue weighted by Gasteiger charge is 2.40. The third-order valence-electron chi connectivity index (χ3n) is 7.06. The zero-order chi connectivity index (χ0) is 24.3. The number of benzene rings is 2. The number of fused-ring (bicyclic) bond motifs is 3. The molecule has 4 rings (SSSR count). The predicted octanol–water partition coefficient (Wildman–Crippen LogP) is 4.45. The number of hydrogen-bond acceptors (Lipinski definition) is 4. The molecule has 1 fully saturated rings. The molecule has 0 bridgehead atoms. The summed E-state index contributed by atoms with van der Waals surface area (Å²) in [4.78, 5) is 36.5. The van der Waals surface area contributed by atoms with Gasteiger partial charge in [-0.05, 0) is 47.4 Å². The summed E-state index contributed by atoms with van der Waals surface area (Å²) < 4.78 is 5.63. The zero-order valence-electron chi connectivity index (χ0n) is 19.7. The summed E-state index contributed by atoms with van der Waals surface area (Å²) in [7, 11) is 0. The van der Waals surface area contributed by atoms with E-state index in [0.29, 0.717) is 12.8 Å². The monoisotopic (exact) mass is 464 g/mol. The minimum absolute atomic E-state index is 0.00282. The Morgan fingerprint density at radius 2 is 1.62 bits per heavy atom. The van der Waals surface area contributed by atoms with Crippen LogP contribution in [0.2, 0.25) is 0 Å². The van der Waals surface area contributed by atoms with Crippen molar-refractivity contribution in [1.29, 1.82) is 0 Å². The predicted molar refractivity (Wildman–Crippen MR) is 128 cm³/mol. The number of alkyl carbamates (subject to hydrolysis) is 1. The molecule has 180 valence electrons. The summed E-state index contributed by atoms with van der Waals surface area (Å²) >= 11 is 0. The van der Waals surface area contributed by atoms with Gasteiger partial charge in [0, 0.05) is 18.4 Å². The van der Waals surface area contributed by atoms with Crippen LogP contribution >= 0.6 is 0 Å². The summed E-state index contributed by atoms with van der Waals surface area (Å²) in [5, 5.41) is 14.9. The largest absolute Gasteiger partial charge is 0.481 e. The first-order chi connectivity index (χ1) is 16.3. The maximum absolute atomic E-state index is 12.7. The van der Waals surface area contributed by atoms with Crippen LogP contribution in [-0.4, -0.2) is 41.3 Å². The number of carbonyl (C=O) groups excluding carboxylic acids is 2. The molecule has 1 atom stereocenters. The molecule has 0 unspecified atom stereocenters. The molecule has 0 saturated heterocycles. The summed E-state index contributed by atoms with van der Waals surface area (Å²) in [5.41, 5.74) is 3.94. The minimum Gasteiger partial charge on any atom is -0.481 e. The van der Waals surface area contributed by atoms with Gasteiger partial charge in [-0.25, -0.2) is 4.79 Å². The Bertz CT molecular complexity index is 1030. The smallest absolute Gasteiger partial charge is 0.407 e. The Hall–Kier alpha value is -3.35. The van der Waals surface area contributed by atoms with Crippen LogP contribution in [0.5, 0.6) is 0 Å². The first-order valence-electron chi connectivity index (χ1n) is 11.9. The van der Waals surface area contributed by atoms with E-state index in [1.54, 1.807) is 0 Å². The summed E-state index contributed by atoms with van der Waals surface area (Å²) in [6.45, 7) is 4.06. The van der Waals surface area contributed by atoms with E-state index in [1.165, 1.54) is 0 Å². The summed E-state index contributed by atoms with van der Waals surface area (Å²) in [6, 6.07) is 15.9. The quantitative estimate of drug-likeness (QED) is 0.508. The van der Waals surface area contributed by atoms with E-state index in [2.05, 4.69) is 34.9 Å². The van der Waals surface area contributed by atoms with Crippen molar-refractivity contribution in [2.75, 3.05) is 6.61 Å². The molecular formula is C27H32N2O5. The van der Waals surface area contributed by atoms with Gasteiger partial charge in [-0.2, -0.15) is 0 Å². The van der Waals surface area contributed by atoms with Crippen molar-refractivity contribution >= 4 is 18.0 Å². The first kappa shape index (κ1) is 23.8. The van der Waals surface area contributed by atoms with Crippen molar-refractivity contribution < 1.29 is 24.2 Å². The molecule has 2 amide bonds. The van der Waals surface area contributed by atoms with Crippen LogP contribution in [0.1, 0.15) is 63.0 Å². The molecule has 2 aliphatic carbocycles. The molecule has 0 radical (unpaired) electrons. The summed E-state index contributed by atoms with van der Waals surface area (Å²) in [5.74, 6) is -1.20. The van der Waals surface area contributed by atoms with Crippen LogP contribution in [0.25, 0.3) is 11.1 Å². The van der Waals surface area contributed by atoms with Crippen molar-refractivity contribution in [2.24, 2.45) is 5.92 Å². The molecular weight excluding hydrogens is 432 g/mol. The van der Waals surface area contributed by atoms with Gasteiger partial charge in [-0.3, -0.25) is 9.59 Å². The first-order valence-corrected chi connectivity index (χ1v) is 11.9. The topological polar surface area (TPSA) is 105 Å². The Labute approximate surface area is 199 Å². The normalized spacial score (nSPS) is 16.7. The molecule has 2 aromatic carbocycles. The molecule has 1 saturated carbocycles. The van der Waals surface area contributed by atoms with E-state index in [9.17, 15) is 14.4 Å². The molecule has 3 N–H and O–H groups in total. The lowest BCUT2D eigenvalue weighted by molar-refractivity contribution is -0.140. The van der Waals surface area contributed by atoms with Gasteiger partial charge >= 0.3 is 12.1 Å². The van der Waals surface area contributed by atoms with Crippen LogP contribution in [0.15, 0.2) is 48.5 Å². The Balaban J connectivity index is 1.35. The van der Waals surface area contributed by atoms with Crippen molar-refractivity contribution in [3.8, 4) is 11.1 Å². The second-order valence-electron chi connectivity index (χ2n) is 9.78. The Morgan fingerprint density at radius 1 is 1.03 bits per heavy atom. The van der Waals surface area contributed by atoms with Gasteiger partial charge in [0.05, 0.1) is 12.0 Å². The van der Waals surface area contributed by atoms with Crippen molar-refractivity contribution in [2.45, 2.75) is 63.5 Å². The van der Waals surface area contributed by atoms with Crippen molar-refractivity contribution in [3.05, 3.63) is 59.7 Å². The second-order valence-corrected chi connectivity index (χ2v) is 9.78. The van der Waals surface area contributed by atoms with Gasteiger partial charge in [-0.1, -0.05) is 62.4 Å². The molecule has 0 aliphatic heterocycles. The fourth-order valence-electron chi connectivity index (χ4n) is 5.03. The third kappa shape index (κ3) is 5.08. The SMILES string of the molecule is CC(C)[C@H](CC(=O)NC1(CC(=O)O)CCC1)NC(=O)OCC1c2ccccc2-c2ccccc21. The van der Waals surface area contributed by atoms with Gasteiger partial charge in [0.25, 0.3) is 0 Å². The maximum Gasteiger partial charge on any atom is 0.407 e. The number of nitrogens with one attached hydrogen (secondary N) is 2. The number of carboxylic acids is 1. The average Bonchev–Trinajstić information content (AvgIpc) is 3.09. The molecule has 0 heterocycles. The Morgan fingerprint density at radius 3 is 2.12 bits per heavy atom. The molecule has 34 heavy (non-hydrogen) atoms. The van der Waals surface area contributed by atoms with Crippen LogP contribution in [0, 0.1) is 5.92 Å². The molecule has 7 heteroatoms. The highest BCUT2D eigenvalue weighted by molar-refractivity contribution is 5.80. The van der Waals surface area contributed by atoms with Crippen molar-refractivity contribution in [1.82, 2.24) is 10.6 Å². The number of amides is 2. The van der Waals surface area contributed by atoms with Crippen molar-refractivity contribution in [3.63, 3.8) is 0 Å². The number of aliphatic carboxylic acids is 1. The number of ether oxygens (including phenoxy) is 1. The molecule has 2 aliphatic rings. The van der Waals surface area contributed by atoms with E-state index in [1.807, 2.05) is 38.1 Å². The standard InChI is InChI=1S/C27H32N2O5/c1-17(2)23(14-24(30)29-27(12-7-13-27)15-25(31)32)28-26(33)34-16-22-20-10-5-3-8-18(20)19-9-4-6-11-21(19)22/h3-6,8-11,17,22-23H,7,12-16H2,1-2H3,(H,28,33)(H,29,30)(H,31,32)/t23-/m0/s1. The number of rotatable bonds is 9. The van der Waals surface area contributed by atoms with E-state index in [-0.39, 0.29) is 37.2 Å². The van der Waals surface area contributed by atoms with Crippen LogP contribution in [0.3, 0.4) is 0 Å². The van der Waals surface area contributed by atoms with Gasteiger partial charge in [0.1, 0.15) is 6.61 Å². The summed E-state index contributed by atoms with van der Waals surface area (Å²) in [6.07, 6.45) is 1.67. The highest BCUT2D eigenvalue weighted by atomic mass is 16.5. The number of hydrogen-bond donors (Lipinski definition) is 3. The van der Waals surface area contributed by atoms with Gasteiger partial charge in [-0.15, -0.1) is 0 Å². The Kier molecular flexibility index (Phi) is 6.91. The van der Waals surface area contributed by atoms with Crippen LogP contribution in [0.4, 0.5) is 4.79 Å². The highest BCUT2D eigenvalue weighted by Crippen LogP contribution is 2.44. The van der Waals surface area contributed by atoms with E-state index in [0.717, 1.165) is 28.7 Å². The second kappa shape index (κ2) is 9.87. The fraction of sp³-hybridized carbons (Fsp3) is 0.444. The molecule has 2 aromatic rings. The third-order valence-corrected chi connectivity index (χ3v) is 7.06. The van der Waals surface area contributed by atoms with Gasteiger partial charge in [0.2, 0.25) is 5.91 Å². The molecule has 7 nitrogen and oxygen atoms in total. The fourth-order valence-corrected chi connectivity index (χ4v) is 5.03. The lowest BCUT2D eigenvalue weighted by Gasteiger charge is -2.41. The zero-order valence-corrected chi connectivity index (χ0v) is 19.7. The van der Waals surface area contributed by atoms with Crippen LogP contribution in [-0.2, 0) is 14.3 Å². The maximum atomic E-state index is 12.7. The minimum atomic E-state index is -0.919. The number of carboxylic acid groups (broad SMARTS) is 1. The van der Waals surface area contributed by atoms with E-state index < -0.39 is 23.6 Å². The lowest BCUT2D eigenvalue weighted by atomic mass is 9.74. The van der Waals surface area contributed by atoms with Gasteiger partial charge in [0.15, 0.2) is 0 Å². The molecule has 0 aromatic heterocycles. The van der Waals surface area contributed by atoms with E-state index >= 15 is 0 Å². The molecule has 0 spiro atoms.